The number of carbonyl (C=O) groups is 5. The van der Waals surface area contributed by atoms with Gasteiger partial charge in [0, 0.05) is 26.1 Å². The largest absolute Gasteiger partial charge is 0.481 e. The molecule has 13 nitrogen and oxygen atoms in total. The summed E-state index contributed by atoms with van der Waals surface area (Å²) in [6.45, 7) is 3.14. The fourth-order valence-electron chi connectivity index (χ4n) is 2.90. The Kier molecular flexibility index (Phi) is 11.6. The Morgan fingerprint density at radius 1 is 1.06 bits per heavy atom. The van der Waals surface area contributed by atoms with Gasteiger partial charge in [0.25, 0.3) is 0 Å². The Morgan fingerprint density at radius 2 is 1.67 bits per heavy atom. The number of nitrogens with zero attached hydrogens (tertiary/aromatic N) is 2. The molecule has 1 aromatic rings. The Balaban J connectivity index is 2.68. The van der Waals surface area contributed by atoms with Crippen molar-refractivity contribution in [1.29, 1.82) is 0 Å². The maximum atomic E-state index is 12.4. The van der Waals surface area contributed by atoms with Crippen molar-refractivity contribution in [3.63, 3.8) is 0 Å². The molecule has 8 N–H and O–H groups in total. The lowest BCUT2D eigenvalue weighted by Gasteiger charge is -2.23. The van der Waals surface area contributed by atoms with Crippen molar-refractivity contribution >= 4 is 47.4 Å². The van der Waals surface area contributed by atoms with E-state index in [0.29, 0.717) is 11.3 Å². The topological polar surface area (TPSA) is 218 Å². The molecular formula is C23H32N6O7. The van der Waals surface area contributed by atoms with Gasteiger partial charge in [-0.1, -0.05) is 26.0 Å². The molecule has 196 valence electrons. The van der Waals surface area contributed by atoms with Gasteiger partial charge in [-0.15, -0.1) is 0 Å². The van der Waals surface area contributed by atoms with Crippen molar-refractivity contribution in [1.82, 2.24) is 15.5 Å². The van der Waals surface area contributed by atoms with E-state index >= 15 is 0 Å². The second-order valence-electron chi connectivity index (χ2n) is 8.26. The zero-order valence-corrected chi connectivity index (χ0v) is 20.3. The molecule has 0 spiro atoms. The Hall–Kier alpha value is -4.42. The molecule has 0 unspecified atom stereocenters. The van der Waals surface area contributed by atoms with Crippen LogP contribution in [-0.4, -0.2) is 76.4 Å². The van der Waals surface area contributed by atoms with E-state index in [-0.39, 0.29) is 18.9 Å². The number of nitrogens with two attached hydrogens (primary N) is 2. The molecule has 0 radical (unpaired) electrons. The van der Waals surface area contributed by atoms with Gasteiger partial charge in [-0.2, -0.15) is 0 Å². The first-order valence-corrected chi connectivity index (χ1v) is 11.0. The standard InChI is InChI=1S/C23H32N6O7/c1-13(2)20(22(35)36)28-21(34)16(12-19(32)33)27-17(30)10-11-29(3)18(31)9-6-14-4-7-15(8-5-14)26-23(24)25/h4-9,13,16,20H,10-12H2,1-3H3,(H,27,30)(H,28,34)(H,32,33)(H,35,36)(H4,24,25,26)/b9-6+/t16-,20-/m0/s1. The van der Waals surface area contributed by atoms with Gasteiger partial charge in [0.2, 0.25) is 17.7 Å². The summed E-state index contributed by atoms with van der Waals surface area (Å²) >= 11 is 0. The first-order chi connectivity index (χ1) is 16.8. The molecule has 1 rings (SSSR count). The summed E-state index contributed by atoms with van der Waals surface area (Å²) in [6.07, 6.45) is 1.94. The average molecular weight is 505 g/mol. The number of guanidine groups is 1. The van der Waals surface area contributed by atoms with E-state index < -0.39 is 54.1 Å². The van der Waals surface area contributed by atoms with E-state index in [2.05, 4.69) is 15.6 Å². The van der Waals surface area contributed by atoms with Crippen molar-refractivity contribution in [3.8, 4) is 0 Å². The number of rotatable bonds is 13. The predicted molar refractivity (Wildman–Crippen MR) is 132 cm³/mol. The summed E-state index contributed by atoms with van der Waals surface area (Å²) in [4.78, 5) is 64.7. The van der Waals surface area contributed by atoms with Crippen LogP contribution in [0.2, 0.25) is 0 Å². The molecule has 36 heavy (non-hydrogen) atoms. The van der Waals surface area contributed by atoms with Gasteiger partial charge in [-0.25, -0.2) is 9.79 Å². The molecule has 0 heterocycles. The SMILES string of the molecule is CC(C)[C@H](NC(=O)[C@H](CC(=O)O)NC(=O)CCN(C)C(=O)/C=C/c1ccc(N=C(N)N)cc1)C(=O)O. The van der Waals surface area contributed by atoms with Gasteiger partial charge < -0.3 is 37.2 Å². The Bertz CT molecular complexity index is 1020. The minimum Gasteiger partial charge on any atom is -0.481 e. The van der Waals surface area contributed by atoms with Crippen LogP contribution in [0.15, 0.2) is 35.3 Å². The molecule has 0 aromatic heterocycles. The fraction of sp³-hybridized carbons (Fsp3) is 0.391. The lowest BCUT2D eigenvalue weighted by Crippen LogP contribution is -2.53. The monoisotopic (exact) mass is 504 g/mol. The molecule has 13 heteroatoms. The highest BCUT2D eigenvalue weighted by molar-refractivity contribution is 5.94. The maximum absolute atomic E-state index is 12.4. The number of hydrogen-bond acceptors (Lipinski definition) is 6. The van der Waals surface area contributed by atoms with Crippen LogP contribution in [0.1, 0.15) is 32.3 Å². The number of carboxylic acids is 2. The van der Waals surface area contributed by atoms with Crippen molar-refractivity contribution in [2.45, 2.75) is 38.8 Å². The Labute approximate surface area is 208 Å². The molecule has 0 saturated heterocycles. The third-order valence-corrected chi connectivity index (χ3v) is 4.88. The number of hydrogen-bond donors (Lipinski definition) is 6. The number of aliphatic imine (C=N–C) groups is 1. The van der Waals surface area contributed by atoms with Crippen LogP contribution < -0.4 is 22.1 Å². The Morgan fingerprint density at radius 3 is 2.17 bits per heavy atom. The van der Waals surface area contributed by atoms with E-state index in [1.165, 1.54) is 18.0 Å². The van der Waals surface area contributed by atoms with Gasteiger partial charge in [-0.05, 0) is 29.7 Å². The summed E-state index contributed by atoms with van der Waals surface area (Å²) in [7, 11) is 1.48. The summed E-state index contributed by atoms with van der Waals surface area (Å²) in [5.74, 6) is -5.16. The second kappa shape index (κ2) is 14.1. The fourth-order valence-corrected chi connectivity index (χ4v) is 2.90. The summed E-state index contributed by atoms with van der Waals surface area (Å²) in [5.41, 5.74) is 11.9. The van der Waals surface area contributed by atoms with Crippen LogP contribution in [0.25, 0.3) is 6.08 Å². The number of amides is 3. The number of carboxylic acid groups (broad SMARTS) is 2. The number of likely N-dealkylation sites (N-methyl/N-ethyl adjacent to an activating group) is 1. The van der Waals surface area contributed by atoms with E-state index in [0.717, 1.165) is 0 Å². The zero-order valence-electron chi connectivity index (χ0n) is 20.3. The van der Waals surface area contributed by atoms with Crippen LogP contribution in [0.4, 0.5) is 5.69 Å². The highest BCUT2D eigenvalue weighted by atomic mass is 16.4. The second-order valence-corrected chi connectivity index (χ2v) is 8.26. The van der Waals surface area contributed by atoms with Crippen LogP contribution >= 0.6 is 0 Å². The van der Waals surface area contributed by atoms with Crippen LogP contribution in [0.5, 0.6) is 0 Å². The number of benzene rings is 1. The van der Waals surface area contributed by atoms with Gasteiger partial charge >= 0.3 is 11.9 Å². The minimum atomic E-state index is -1.47. The lowest BCUT2D eigenvalue weighted by molar-refractivity contribution is -0.144. The number of carbonyl (C=O) groups excluding carboxylic acids is 3. The quantitative estimate of drug-likeness (QED) is 0.117. The summed E-state index contributed by atoms with van der Waals surface area (Å²) in [5, 5.41) is 22.8. The van der Waals surface area contributed by atoms with Crippen molar-refractivity contribution in [2.75, 3.05) is 13.6 Å². The van der Waals surface area contributed by atoms with E-state index in [1.54, 1.807) is 44.2 Å². The van der Waals surface area contributed by atoms with Gasteiger partial charge in [0.1, 0.15) is 12.1 Å². The first-order valence-electron chi connectivity index (χ1n) is 11.0. The minimum absolute atomic E-state index is 0.0103. The molecule has 0 fully saturated rings. The maximum Gasteiger partial charge on any atom is 0.326 e. The van der Waals surface area contributed by atoms with Crippen molar-refractivity contribution in [2.24, 2.45) is 22.4 Å². The van der Waals surface area contributed by atoms with E-state index in [4.69, 9.17) is 16.6 Å². The molecule has 0 aliphatic heterocycles. The van der Waals surface area contributed by atoms with E-state index in [1.807, 2.05) is 0 Å². The van der Waals surface area contributed by atoms with Crippen LogP contribution in [0, 0.1) is 5.92 Å². The predicted octanol–water partition coefficient (Wildman–Crippen LogP) is -0.362. The number of nitrogens with one attached hydrogen (secondary N) is 2. The lowest BCUT2D eigenvalue weighted by atomic mass is 10.0. The third-order valence-electron chi connectivity index (χ3n) is 4.88. The molecule has 3 amide bonds. The smallest absolute Gasteiger partial charge is 0.326 e. The van der Waals surface area contributed by atoms with Gasteiger partial charge in [0.15, 0.2) is 5.96 Å². The summed E-state index contributed by atoms with van der Waals surface area (Å²) in [6, 6.07) is 4.03. The van der Waals surface area contributed by atoms with Crippen molar-refractivity contribution in [3.05, 3.63) is 35.9 Å². The first kappa shape index (κ1) is 29.6. The average Bonchev–Trinajstić information content (AvgIpc) is 2.78. The van der Waals surface area contributed by atoms with Gasteiger partial charge in [0.05, 0.1) is 12.1 Å². The van der Waals surface area contributed by atoms with Gasteiger partial charge in [-0.3, -0.25) is 19.2 Å². The highest BCUT2D eigenvalue weighted by Crippen LogP contribution is 2.13. The molecule has 1 aromatic carbocycles. The summed E-state index contributed by atoms with van der Waals surface area (Å²) < 4.78 is 0. The van der Waals surface area contributed by atoms with Crippen molar-refractivity contribution < 1.29 is 34.2 Å². The molecule has 0 bridgehead atoms. The normalized spacial score (nSPS) is 12.4. The van der Waals surface area contributed by atoms with Crippen LogP contribution in [-0.2, 0) is 24.0 Å². The molecule has 2 atom stereocenters. The zero-order chi connectivity index (χ0) is 27.4. The number of aliphatic carboxylic acids is 2. The van der Waals surface area contributed by atoms with E-state index in [9.17, 15) is 29.1 Å². The molecular weight excluding hydrogens is 472 g/mol. The van der Waals surface area contributed by atoms with Crippen LogP contribution in [0.3, 0.4) is 0 Å². The molecule has 0 aliphatic rings. The molecule has 0 aliphatic carbocycles. The molecule has 0 saturated carbocycles. The third kappa shape index (κ3) is 10.7. The highest BCUT2D eigenvalue weighted by Gasteiger charge is 2.29.